The van der Waals surface area contributed by atoms with E-state index < -0.39 is 24.4 Å². The Morgan fingerprint density at radius 1 is 1.03 bits per heavy atom. The molecule has 4 rings (SSSR count). The first-order valence-electron chi connectivity index (χ1n) is 11.1. The summed E-state index contributed by atoms with van der Waals surface area (Å²) in [6, 6.07) is 13.7. The molecule has 0 spiro atoms. The van der Waals surface area contributed by atoms with E-state index in [4.69, 9.17) is 18.6 Å². The Kier molecular flexibility index (Phi) is 7.35. The summed E-state index contributed by atoms with van der Waals surface area (Å²) < 4.78 is 20.9. The molecule has 1 heterocycles. The molecule has 9 heteroatoms. The molecule has 0 radical (unpaired) electrons. The Hall–Kier alpha value is -4.27. The molecule has 1 atom stereocenters. The van der Waals surface area contributed by atoms with Gasteiger partial charge in [0.05, 0.1) is 37.8 Å². The van der Waals surface area contributed by atoms with Crippen LogP contribution in [0.4, 0.5) is 5.69 Å². The van der Waals surface area contributed by atoms with Gasteiger partial charge in [0.2, 0.25) is 0 Å². The Bertz CT molecular complexity index is 1220. The molecule has 182 valence electrons. The Balaban J connectivity index is 1.47. The lowest BCUT2D eigenvalue weighted by atomic mass is 9.88. The van der Waals surface area contributed by atoms with Crippen LogP contribution in [0, 0.1) is 0 Å². The van der Waals surface area contributed by atoms with Gasteiger partial charge in [0.25, 0.3) is 11.8 Å². The molecule has 1 aliphatic rings. The average Bonchev–Trinajstić information content (AvgIpc) is 3.42. The number of hydrogen-bond donors (Lipinski definition) is 2. The molecule has 2 N–H and O–H groups in total. The van der Waals surface area contributed by atoms with Crippen molar-refractivity contribution in [3.63, 3.8) is 0 Å². The van der Waals surface area contributed by atoms with Gasteiger partial charge in [-0.3, -0.25) is 9.59 Å². The molecule has 2 amide bonds. The number of fused-ring (bicyclic) bond motifs is 1. The third kappa shape index (κ3) is 5.46. The maximum absolute atomic E-state index is 12.9. The summed E-state index contributed by atoms with van der Waals surface area (Å²) in [5.41, 5.74) is 2.42. The zero-order valence-corrected chi connectivity index (χ0v) is 19.5. The smallest absolute Gasteiger partial charge is 0.340 e. The molecule has 1 aromatic heterocycles. The SMILES string of the molecule is COc1cc(NC(=O)c2ccco2)c(C(=O)OCC(=O)NC2CCCc3ccccc32)cc1OC. The summed E-state index contributed by atoms with van der Waals surface area (Å²) in [6.45, 7) is -0.475. The Labute approximate surface area is 202 Å². The van der Waals surface area contributed by atoms with E-state index in [0.29, 0.717) is 5.75 Å². The zero-order valence-electron chi connectivity index (χ0n) is 19.5. The van der Waals surface area contributed by atoms with Crippen LogP contribution in [-0.4, -0.2) is 38.6 Å². The lowest BCUT2D eigenvalue weighted by molar-refractivity contribution is -0.125. The van der Waals surface area contributed by atoms with E-state index in [1.54, 1.807) is 6.07 Å². The van der Waals surface area contributed by atoms with Crippen molar-refractivity contribution in [2.45, 2.75) is 25.3 Å². The largest absolute Gasteiger partial charge is 0.493 e. The van der Waals surface area contributed by atoms with Crippen LogP contribution in [0.2, 0.25) is 0 Å². The number of benzene rings is 2. The normalized spacial score (nSPS) is 14.4. The molecule has 2 aromatic carbocycles. The number of hydrogen-bond acceptors (Lipinski definition) is 7. The standard InChI is InChI=1S/C26H26N2O7/c1-32-22-13-18(20(14-23(22)33-2)28-25(30)21-11-6-12-34-21)26(31)35-15-24(29)27-19-10-5-8-16-7-3-4-9-17(16)19/h3-4,6-7,9,11-14,19H,5,8,10,15H2,1-2H3,(H,27,29)(H,28,30). The van der Waals surface area contributed by atoms with Gasteiger partial charge in [-0.2, -0.15) is 0 Å². The van der Waals surface area contributed by atoms with Gasteiger partial charge in [0, 0.05) is 12.1 Å². The molecule has 0 saturated carbocycles. The molecule has 0 bridgehead atoms. The molecule has 0 fully saturated rings. The van der Waals surface area contributed by atoms with Gasteiger partial charge in [-0.05, 0) is 42.5 Å². The average molecular weight is 479 g/mol. The van der Waals surface area contributed by atoms with Crippen molar-refractivity contribution >= 4 is 23.5 Å². The number of ether oxygens (including phenoxy) is 3. The number of carbonyl (C=O) groups excluding carboxylic acids is 3. The van der Waals surface area contributed by atoms with Gasteiger partial charge < -0.3 is 29.3 Å². The number of anilines is 1. The van der Waals surface area contributed by atoms with Crippen molar-refractivity contribution in [1.82, 2.24) is 5.32 Å². The van der Waals surface area contributed by atoms with Crippen LogP contribution in [-0.2, 0) is 16.0 Å². The number of aryl methyl sites for hydroxylation is 1. The van der Waals surface area contributed by atoms with Crippen LogP contribution < -0.4 is 20.1 Å². The third-order valence-corrected chi connectivity index (χ3v) is 5.78. The summed E-state index contributed by atoms with van der Waals surface area (Å²) in [5, 5.41) is 5.56. The van der Waals surface area contributed by atoms with Gasteiger partial charge in [-0.25, -0.2) is 4.79 Å². The molecule has 1 aliphatic carbocycles. The lowest BCUT2D eigenvalue weighted by Gasteiger charge is -2.26. The molecule has 3 aromatic rings. The van der Waals surface area contributed by atoms with Crippen molar-refractivity contribution in [1.29, 1.82) is 0 Å². The summed E-state index contributed by atoms with van der Waals surface area (Å²) >= 11 is 0. The first-order valence-corrected chi connectivity index (χ1v) is 11.1. The summed E-state index contributed by atoms with van der Waals surface area (Å²) in [5.74, 6) is -1.16. The summed E-state index contributed by atoms with van der Waals surface area (Å²) in [4.78, 5) is 38.0. The first kappa shape index (κ1) is 23.9. The lowest BCUT2D eigenvalue weighted by Crippen LogP contribution is -2.34. The van der Waals surface area contributed by atoms with E-state index in [-0.39, 0.29) is 28.8 Å². The first-order chi connectivity index (χ1) is 17.0. The fourth-order valence-electron chi connectivity index (χ4n) is 4.09. The molecular formula is C26H26N2O7. The maximum atomic E-state index is 12.9. The Morgan fingerprint density at radius 2 is 1.80 bits per heavy atom. The second-order valence-electron chi connectivity index (χ2n) is 7.97. The molecule has 0 saturated heterocycles. The summed E-state index contributed by atoms with van der Waals surface area (Å²) in [6.07, 6.45) is 4.12. The Morgan fingerprint density at radius 3 is 2.54 bits per heavy atom. The highest BCUT2D eigenvalue weighted by Gasteiger charge is 2.24. The highest BCUT2D eigenvalue weighted by Crippen LogP contribution is 2.34. The quantitative estimate of drug-likeness (QED) is 0.472. The predicted molar refractivity (Wildman–Crippen MR) is 127 cm³/mol. The van der Waals surface area contributed by atoms with E-state index >= 15 is 0 Å². The monoisotopic (exact) mass is 478 g/mol. The van der Waals surface area contributed by atoms with Crippen LogP contribution >= 0.6 is 0 Å². The van der Waals surface area contributed by atoms with E-state index in [9.17, 15) is 14.4 Å². The number of furan rings is 1. The number of nitrogens with one attached hydrogen (secondary N) is 2. The second kappa shape index (κ2) is 10.8. The van der Waals surface area contributed by atoms with Crippen molar-refractivity contribution in [2.24, 2.45) is 0 Å². The highest BCUT2D eigenvalue weighted by atomic mass is 16.5. The van der Waals surface area contributed by atoms with Crippen LogP contribution in [0.3, 0.4) is 0 Å². The van der Waals surface area contributed by atoms with Gasteiger partial charge in [-0.1, -0.05) is 24.3 Å². The minimum atomic E-state index is -0.806. The van der Waals surface area contributed by atoms with Crippen molar-refractivity contribution in [2.75, 3.05) is 26.1 Å². The van der Waals surface area contributed by atoms with Crippen LogP contribution in [0.5, 0.6) is 11.5 Å². The zero-order chi connectivity index (χ0) is 24.8. The topological polar surface area (TPSA) is 116 Å². The van der Waals surface area contributed by atoms with Crippen LogP contribution in [0.25, 0.3) is 0 Å². The van der Waals surface area contributed by atoms with E-state index in [1.807, 2.05) is 18.2 Å². The number of methoxy groups -OCH3 is 2. The number of carbonyl (C=O) groups is 3. The summed E-state index contributed by atoms with van der Waals surface area (Å²) in [7, 11) is 2.85. The number of rotatable bonds is 8. The number of amides is 2. The minimum absolute atomic E-state index is 0.00151. The second-order valence-corrected chi connectivity index (χ2v) is 7.97. The van der Waals surface area contributed by atoms with E-state index in [1.165, 1.54) is 44.2 Å². The van der Waals surface area contributed by atoms with Crippen molar-refractivity contribution in [3.8, 4) is 11.5 Å². The van der Waals surface area contributed by atoms with Crippen LogP contribution in [0.15, 0.2) is 59.2 Å². The third-order valence-electron chi connectivity index (χ3n) is 5.78. The fourth-order valence-corrected chi connectivity index (χ4v) is 4.09. The number of esters is 1. The molecular weight excluding hydrogens is 452 g/mol. The van der Waals surface area contributed by atoms with Gasteiger partial charge in [0.1, 0.15) is 0 Å². The molecule has 35 heavy (non-hydrogen) atoms. The van der Waals surface area contributed by atoms with Gasteiger partial charge in [-0.15, -0.1) is 0 Å². The van der Waals surface area contributed by atoms with E-state index in [2.05, 4.69) is 16.7 Å². The van der Waals surface area contributed by atoms with Crippen molar-refractivity contribution in [3.05, 3.63) is 77.2 Å². The van der Waals surface area contributed by atoms with Crippen LogP contribution in [0.1, 0.15) is 50.9 Å². The molecule has 9 nitrogen and oxygen atoms in total. The predicted octanol–water partition coefficient (Wildman–Crippen LogP) is 3.90. The molecule has 0 aliphatic heterocycles. The highest BCUT2D eigenvalue weighted by molar-refractivity contribution is 6.07. The molecule has 1 unspecified atom stereocenters. The van der Waals surface area contributed by atoms with Gasteiger partial charge >= 0.3 is 5.97 Å². The van der Waals surface area contributed by atoms with E-state index in [0.717, 1.165) is 24.8 Å². The maximum Gasteiger partial charge on any atom is 0.340 e. The van der Waals surface area contributed by atoms with Crippen molar-refractivity contribution < 1.29 is 33.0 Å². The fraction of sp³-hybridized carbons (Fsp3) is 0.269. The van der Waals surface area contributed by atoms with Gasteiger partial charge in [0.15, 0.2) is 23.9 Å². The minimum Gasteiger partial charge on any atom is -0.493 e.